The fraction of sp³-hybridized carbons (Fsp3) is 0.550. The van der Waals surface area contributed by atoms with Gasteiger partial charge in [-0.15, -0.1) is 0 Å². The molecule has 1 saturated heterocycles. The number of aromatic nitrogens is 1. The molecule has 6 nitrogen and oxygen atoms in total. The highest BCUT2D eigenvalue weighted by Gasteiger charge is 2.35. The van der Waals surface area contributed by atoms with Crippen LogP contribution in [0.25, 0.3) is 10.9 Å². The molecule has 2 heterocycles. The van der Waals surface area contributed by atoms with Crippen molar-refractivity contribution in [2.24, 2.45) is 5.41 Å². The van der Waals surface area contributed by atoms with Gasteiger partial charge in [0.25, 0.3) is 0 Å². The molecule has 0 unspecified atom stereocenters. The molecule has 0 spiro atoms. The van der Waals surface area contributed by atoms with Gasteiger partial charge in [-0.25, -0.2) is 8.42 Å². The van der Waals surface area contributed by atoms with Crippen LogP contribution < -0.4 is 0 Å². The Balaban J connectivity index is 1.87. The zero-order valence-electron chi connectivity index (χ0n) is 16.1. The van der Waals surface area contributed by atoms with Crippen LogP contribution >= 0.6 is 0 Å². The van der Waals surface area contributed by atoms with E-state index in [0.29, 0.717) is 44.0 Å². The van der Waals surface area contributed by atoms with Gasteiger partial charge >= 0.3 is 0 Å². The maximum absolute atomic E-state index is 13.2. The van der Waals surface area contributed by atoms with E-state index in [0.717, 1.165) is 34.1 Å². The molecular formula is C20H26N2O4S. The largest absolute Gasteiger partial charge is 0.379 e. The van der Waals surface area contributed by atoms with E-state index in [9.17, 15) is 13.2 Å². The number of nitrogens with one attached hydrogen (secondary N) is 1. The number of Topliss-reactive ketones (excluding diaryl/α,β-unsaturated/α-hetero) is 1. The van der Waals surface area contributed by atoms with E-state index in [1.54, 1.807) is 6.07 Å². The molecule has 0 bridgehead atoms. The molecule has 0 radical (unpaired) electrons. The molecule has 2 aromatic rings. The lowest BCUT2D eigenvalue weighted by Crippen LogP contribution is -2.40. The van der Waals surface area contributed by atoms with Crippen molar-refractivity contribution in [1.29, 1.82) is 0 Å². The van der Waals surface area contributed by atoms with Gasteiger partial charge in [0.05, 0.1) is 18.1 Å². The number of sulfonamides is 1. The zero-order chi connectivity index (χ0) is 19.4. The van der Waals surface area contributed by atoms with Gasteiger partial charge in [0.15, 0.2) is 5.78 Å². The van der Waals surface area contributed by atoms with Gasteiger partial charge in [-0.05, 0) is 36.0 Å². The van der Waals surface area contributed by atoms with Gasteiger partial charge < -0.3 is 9.72 Å². The number of nitrogens with zero attached hydrogens (tertiary/aromatic N) is 1. The number of benzene rings is 1. The monoisotopic (exact) mass is 390 g/mol. The highest BCUT2D eigenvalue weighted by Crippen LogP contribution is 2.39. The summed E-state index contributed by atoms with van der Waals surface area (Å²) in [5, 5.41) is 0.850. The van der Waals surface area contributed by atoms with Crippen molar-refractivity contribution in [3.05, 3.63) is 29.0 Å². The number of carbonyl (C=O) groups excluding carboxylic acids is 1. The van der Waals surface area contributed by atoms with Crippen LogP contribution in [0.1, 0.15) is 48.8 Å². The minimum Gasteiger partial charge on any atom is -0.379 e. The molecule has 1 aromatic heterocycles. The highest BCUT2D eigenvalue weighted by atomic mass is 32.2. The fourth-order valence-electron chi connectivity index (χ4n) is 4.28. The van der Waals surface area contributed by atoms with E-state index in [2.05, 4.69) is 18.8 Å². The molecule has 0 saturated carbocycles. The summed E-state index contributed by atoms with van der Waals surface area (Å²) in [5.74, 6) is 0.137. The van der Waals surface area contributed by atoms with Crippen molar-refractivity contribution >= 4 is 26.7 Å². The van der Waals surface area contributed by atoms with Crippen LogP contribution in [-0.4, -0.2) is 49.8 Å². The summed E-state index contributed by atoms with van der Waals surface area (Å²) >= 11 is 0. The third-order valence-electron chi connectivity index (χ3n) is 5.60. The second-order valence-electron chi connectivity index (χ2n) is 8.30. The lowest BCUT2D eigenvalue weighted by atomic mass is 9.76. The summed E-state index contributed by atoms with van der Waals surface area (Å²) in [6.07, 6.45) is 1.90. The van der Waals surface area contributed by atoms with Crippen molar-refractivity contribution in [3.63, 3.8) is 0 Å². The van der Waals surface area contributed by atoms with E-state index < -0.39 is 10.0 Å². The minimum absolute atomic E-state index is 0.0821. The van der Waals surface area contributed by atoms with Crippen LogP contribution in [0.5, 0.6) is 0 Å². The molecule has 1 aliphatic heterocycles. The van der Waals surface area contributed by atoms with Crippen molar-refractivity contribution in [2.75, 3.05) is 26.3 Å². The number of fused-ring (bicyclic) bond motifs is 3. The lowest BCUT2D eigenvalue weighted by Gasteiger charge is -2.28. The van der Waals surface area contributed by atoms with Crippen molar-refractivity contribution in [1.82, 2.24) is 9.29 Å². The number of ketones is 1. The van der Waals surface area contributed by atoms with Crippen molar-refractivity contribution < 1.29 is 17.9 Å². The Hall–Kier alpha value is -1.70. The molecule has 0 atom stereocenters. The second kappa shape index (κ2) is 6.43. The number of hydrogen-bond donors (Lipinski definition) is 1. The van der Waals surface area contributed by atoms with Gasteiger partial charge in [0.2, 0.25) is 10.0 Å². The Kier molecular flexibility index (Phi) is 4.44. The van der Waals surface area contributed by atoms with Crippen molar-refractivity contribution in [3.8, 4) is 0 Å². The first-order valence-corrected chi connectivity index (χ1v) is 11.0. The average molecular weight is 391 g/mol. The lowest BCUT2D eigenvalue weighted by molar-refractivity contribution is 0.0730. The van der Waals surface area contributed by atoms with Gasteiger partial charge in [-0.3, -0.25) is 4.79 Å². The SMILES string of the molecule is CCc1cc2c3c([nH]c2cc1S(=O)(=O)N1CCOCC1)CC(C)(C)CC3=O. The molecule has 1 aliphatic carbocycles. The molecule has 1 aromatic carbocycles. The summed E-state index contributed by atoms with van der Waals surface area (Å²) in [6, 6.07) is 3.62. The number of carbonyl (C=O) groups is 1. The number of aromatic amines is 1. The molecule has 1 fully saturated rings. The fourth-order valence-corrected chi connectivity index (χ4v) is 5.99. The standard InChI is InChI=1S/C20H26N2O4S/c1-4-13-9-14-15(21-16-11-20(2,3)12-17(23)19(14)16)10-18(13)27(24,25)22-5-7-26-8-6-22/h9-10,21H,4-8,11-12H2,1-3H3. The summed E-state index contributed by atoms with van der Waals surface area (Å²) in [5.41, 5.74) is 3.08. The summed E-state index contributed by atoms with van der Waals surface area (Å²) in [7, 11) is -3.59. The van der Waals surface area contributed by atoms with Gasteiger partial charge in [-0.2, -0.15) is 4.31 Å². The van der Waals surface area contributed by atoms with Crippen LogP contribution in [0, 0.1) is 5.41 Å². The van der Waals surface area contributed by atoms with E-state index in [-0.39, 0.29) is 11.2 Å². The quantitative estimate of drug-likeness (QED) is 0.874. The summed E-state index contributed by atoms with van der Waals surface area (Å²) in [6.45, 7) is 7.71. The predicted molar refractivity (Wildman–Crippen MR) is 104 cm³/mol. The first-order valence-electron chi connectivity index (χ1n) is 9.51. The Labute approximate surface area is 159 Å². The summed E-state index contributed by atoms with van der Waals surface area (Å²) < 4.78 is 33.2. The Bertz CT molecular complexity index is 1010. The van der Waals surface area contributed by atoms with Crippen LogP contribution in [0.15, 0.2) is 17.0 Å². The van der Waals surface area contributed by atoms with Gasteiger partial charge in [0.1, 0.15) is 0 Å². The number of aryl methyl sites for hydroxylation is 1. The van der Waals surface area contributed by atoms with Crippen LogP contribution in [-0.2, 0) is 27.6 Å². The smallest absolute Gasteiger partial charge is 0.243 e. The molecule has 2 aliphatic rings. The molecular weight excluding hydrogens is 364 g/mol. The number of H-pyrrole nitrogens is 1. The Morgan fingerprint density at radius 1 is 1.19 bits per heavy atom. The van der Waals surface area contributed by atoms with Crippen molar-refractivity contribution in [2.45, 2.75) is 44.9 Å². The molecule has 7 heteroatoms. The average Bonchev–Trinajstić information content (AvgIpc) is 2.97. The number of rotatable bonds is 3. The second-order valence-corrected chi connectivity index (χ2v) is 10.2. The molecule has 4 rings (SSSR count). The molecule has 146 valence electrons. The number of ether oxygens (including phenoxy) is 1. The maximum atomic E-state index is 13.2. The van der Waals surface area contributed by atoms with Crippen LogP contribution in [0.4, 0.5) is 0 Å². The van der Waals surface area contributed by atoms with E-state index in [1.807, 2.05) is 13.0 Å². The van der Waals surface area contributed by atoms with Crippen LogP contribution in [0.3, 0.4) is 0 Å². The third-order valence-corrected chi connectivity index (χ3v) is 7.58. The predicted octanol–water partition coefficient (Wildman–Crippen LogP) is 2.91. The number of morpholine rings is 1. The van der Waals surface area contributed by atoms with E-state index in [1.165, 1.54) is 4.31 Å². The molecule has 0 amide bonds. The third kappa shape index (κ3) is 3.11. The van der Waals surface area contributed by atoms with E-state index >= 15 is 0 Å². The molecule has 27 heavy (non-hydrogen) atoms. The topological polar surface area (TPSA) is 79.5 Å². The van der Waals surface area contributed by atoms with Crippen LogP contribution in [0.2, 0.25) is 0 Å². The van der Waals surface area contributed by atoms with Gasteiger partial charge in [0, 0.05) is 41.7 Å². The number of hydrogen-bond acceptors (Lipinski definition) is 4. The highest BCUT2D eigenvalue weighted by molar-refractivity contribution is 7.89. The molecule has 1 N–H and O–H groups in total. The Morgan fingerprint density at radius 2 is 1.89 bits per heavy atom. The van der Waals surface area contributed by atoms with Gasteiger partial charge in [-0.1, -0.05) is 20.8 Å². The van der Waals surface area contributed by atoms with E-state index in [4.69, 9.17) is 4.74 Å². The zero-order valence-corrected chi connectivity index (χ0v) is 16.9. The normalized spacial score (nSPS) is 20.8. The first-order chi connectivity index (χ1) is 12.7. The maximum Gasteiger partial charge on any atom is 0.243 e. The Morgan fingerprint density at radius 3 is 2.56 bits per heavy atom. The minimum atomic E-state index is -3.59. The first kappa shape index (κ1) is 18.7. The summed E-state index contributed by atoms with van der Waals surface area (Å²) in [4.78, 5) is 16.4.